The lowest BCUT2D eigenvalue weighted by Gasteiger charge is -2.04. The number of hydrazone groups is 1. The van der Waals surface area contributed by atoms with Crippen LogP contribution in [-0.2, 0) is 0 Å². The second kappa shape index (κ2) is 8.50. The van der Waals surface area contributed by atoms with Crippen molar-refractivity contribution in [2.75, 3.05) is 14.2 Å². The van der Waals surface area contributed by atoms with Crippen molar-refractivity contribution in [1.82, 2.24) is 15.6 Å². The second-order valence-electron chi connectivity index (χ2n) is 5.48. The van der Waals surface area contributed by atoms with Crippen molar-refractivity contribution in [3.8, 4) is 22.8 Å². The molecule has 0 spiro atoms. The van der Waals surface area contributed by atoms with Gasteiger partial charge < -0.3 is 9.47 Å². The molecule has 2 N–H and O–H groups in total. The topological polar surface area (TPSA) is 88.6 Å². The molecule has 3 rings (SSSR count). The SMILES string of the molecule is COc1ccc(-c2cc(C(=O)N/N=C\c3cc(Br)ccc3OC)[nH]n2)cc1. The monoisotopic (exact) mass is 428 g/mol. The van der Waals surface area contributed by atoms with Gasteiger partial charge in [-0.3, -0.25) is 9.89 Å². The van der Waals surface area contributed by atoms with Gasteiger partial charge in [0.1, 0.15) is 17.2 Å². The van der Waals surface area contributed by atoms with Crippen LogP contribution in [0.25, 0.3) is 11.3 Å². The Morgan fingerprint density at radius 2 is 1.93 bits per heavy atom. The number of benzene rings is 2. The summed E-state index contributed by atoms with van der Waals surface area (Å²) in [5, 5.41) is 10.9. The lowest BCUT2D eigenvalue weighted by molar-refractivity contribution is 0.0950. The fraction of sp³-hybridized carbons (Fsp3) is 0.105. The molecule has 1 amide bonds. The molecule has 7 nitrogen and oxygen atoms in total. The van der Waals surface area contributed by atoms with E-state index in [2.05, 4.69) is 36.7 Å². The van der Waals surface area contributed by atoms with Crippen LogP contribution in [-0.4, -0.2) is 36.5 Å². The summed E-state index contributed by atoms with van der Waals surface area (Å²) >= 11 is 3.39. The number of aromatic nitrogens is 2. The molecule has 8 heteroatoms. The first-order valence-electron chi connectivity index (χ1n) is 7.97. The Balaban J connectivity index is 1.68. The molecule has 0 atom stereocenters. The van der Waals surface area contributed by atoms with Crippen molar-refractivity contribution >= 4 is 28.1 Å². The molecule has 0 bridgehead atoms. The largest absolute Gasteiger partial charge is 0.497 e. The summed E-state index contributed by atoms with van der Waals surface area (Å²) in [6.07, 6.45) is 1.52. The number of hydrogen-bond donors (Lipinski definition) is 2. The molecule has 27 heavy (non-hydrogen) atoms. The first-order valence-corrected chi connectivity index (χ1v) is 8.77. The zero-order valence-corrected chi connectivity index (χ0v) is 16.3. The Morgan fingerprint density at radius 3 is 2.63 bits per heavy atom. The van der Waals surface area contributed by atoms with Gasteiger partial charge in [-0.2, -0.15) is 10.2 Å². The average Bonchev–Trinajstić information content (AvgIpc) is 3.18. The highest BCUT2D eigenvalue weighted by molar-refractivity contribution is 9.10. The molecule has 2 aromatic carbocycles. The molecule has 0 radical (unpaired) electrons. The predicted molar refractivity (Wildman–Crippen MR) is 106 cm³/mol. The van der Waals surface area contributed by atoms with E-state index >= 15 is 0 Å². The minimum Gasteiger partial charge on any atom is -0.497 e. The van der Waals surface area contributed by atoms with Gasteiger partial charge in [0.2, 0.25) is 0 Å². The first kappa shape index (κ1) is 18.7. The summed E-state index contributed by atoms with van der Waals surface area (Å²) in [4.78, 5) is 12.2. The van der Waals surface area contributed by atoms with E-state index in [9.17, 15) is 4.79 Å². The molecule has 0 saturated carbocycles. The molecule has 0 aliphatic rings. The smallest absolute Gasteiger partial charge is 0.289 e. The Bertz CT molecular complexity index is 967. The van der Waals surface area contributed by atoms with Crippen molar-refractivity contribution in [2.45, 2.75) is 0 Å². The fourth-order valence-electron chi connectivity index (χ4n) is 2.37. The minimum absolute atomic E-state index is 0.305. The van der Waals surface area contributed by atoms with Crippen LogP contribution in [0, 0.1) is 0 Å². The van der Waals surface area contributed by atoms with Crippen LogP contribution in [0.3, 0.4) is 0 Å². The van der Waals surface area contributed by atoms with Crippen LogP contribution in [0.2, 0.25) is 0 Å². The number of nitrogens with zero attached hydrogens (tertiary/aromatic N) is 2. The molecular weight excluding hydrogens is 412 g/mol. The molecule has 3 aromatic rings. The minimum atomic E-state index is -0.396. The average molecular weight is 429 g/mol. The van der Waals surface area contributed by atoms with Crippen LogP contribution < -0.4 is 14.9 Å². The van der Waals surface area contributed by atoms with Gasteiger partial charge in [0.05, 0.1) is 26.1 Å². The van der Waals surface area contributed by atoms with Gasteiger partial charge in [0.25, 0.3) is 5.91 Å². The van der Waals surface area contributed by atoms with E-state index in [0.29, 0.717) is 17.1 Å². The summed E-state index contributed by atoms with van der Waals surface area (Å²) in [5.74, 6) is 1.01. The maximum atomic E-state index is 12.2. The number of amides is 1. The molecule has 0 unspecified atom stereocenters. The summed E-state index contributed by atoms with van der Waals surface area (Å²) in [6.45, 7) is 0. The van der Waals surface area contributed by atoms with Crippen molar-refractivity contribution in [2.24, 2.45) is 5.10 Å². The van der Waals surface area contributed by atoms with Gasteiger partial charge in [-0.05, 0) is 48.5 Å². The number of nitrogens with one attached hydrogen (secondary N) is 2. The summed E-state index contributed by atoms with van der Waals surface area (Å²) in [5.41, 5.74) is 5.03. The molecule has 0 fully saturated rings. The van der Waals surface area contributed by atoms with Crippen molar-refractivity contribution in [3.63, 3.8) is 0 Å². The standard InChI is InChI=1S/C19H17BrN4O3/c1-26-15-6-3-12(4-7-15)16-10-17(23-22-16)19(25)24-21-11-13-9-14(20)5-8-18(13)27-2/h3-11H,1-2H3,(H,22,23)(H,24,25)/b21-11-. The lowest BCUT2D eigenvalue weighted by atomic mass is 10.1. The number of carbonyl (C=O) groups is 1. The number of methoxy groups -OCH3 is 2. The van der Waals surface area contributed by atoms with Crippen LogP contribution in [0.5, 0.6) is 11.5 Å². The predicted octanol–water partition coefficient (Wildman–Crippen LogP) is 3.62. The maximum absolute atomic E-state index is 12.2. The van der Waals surface area contributed by atoms with E-state index in [1.165, 1.54) is 6.21 Å². The zero-order valence-electron chi connectivity index (χ0n) is 14.7. The summed E-state index contributed by atoms with van der Waals surface area (Å²) in [6, 6.07) is 14.6. The number of aromatic amines is 1. The Labute approximate surface area is 164 Å². The van der Waals surface area contributed by atoms with Gasteiger partial charge in [0, 0.05) is 15.6 Å². The molecule has 0 aliphatic heterocycles. The van der Waals surface area contributed by atoms with E-state index in [4.69, 9.17) is 9.47 Å². The van der Waals surface area contributed by atoms with Gasteiger partial charge in [0.15, 0.2) is 0 Å². The quantitative estimate of drug-likeness (QED) is 0.463. The highest BCUT2D eigenvalue weighted by Crippen LogP contribution is 2.22. The van der Waals surface area contributed by atoms with Crippen LogP contribution in [0.15, 0.2) is 58.1 Å². The molecular formula is C19H17BrN4O3. The van der Waals surface area contributed by atoms with Crippen LogP contribution in [0.4, 0.5) is 0 Å². The third-order valence-electron chi connectivity index (χ3n) is 3.77. The van der Waals surface area contributed by atoms with Crippen molar-refractivity contribution < 1.29 is 14.3 Å². The Kier molecular flexibility index (Phi) is 5.87. The van der Waals surface area contributed by atoms with Crippen LogP contribution in [0.1, 0.15) is 16.1 Å². The fourth-order valence-corrected chi connectivity index (χ4v) is 2.75. The third-order valence-corrected chi connectivity index (χ3v) is 4.26. The van der Waals surface area contributed by atoms with Gasteiger partial charge in [-0.1, -0.05) is 15.9 Å². The molecule has 0 saturated heterocycles. The van der Waals surface area contributed by atoms with Gasteiger partial charge in [-0.15, -0.1) is 0 Å². The summed E-state index contributed by atoms with van der Waals surface area (Å²) < 4.78 is 11.3. The first-order chi connectivity index (χ1) is 13.1. The van der Waals surface area contributed by atoms with Crippen LogP contribution >= 0.6 is 15.9 Å². The molecule has 138 valence electrons. The van der Waals surface area contributed by atoms with Crippen molar-refractivity contribution in [1.29, 1.82) is 0 Å². The number of halogens is 1. The van der Waals surface area contributed by atoms with E-state index < -0.39 is 5.91 Å². The van der Waals surface area contributed by atoms with E-state index in [1.54, 1.807) is 20.3 Å². The lowest BCUT2D eigenvalue weighted by Crippen LogP contribution is -2.18. The normalized spacial score (nSPS) is 10.8. The van der Waals surface area contributed by atoms with Gasteiger partial charge in [-0.25, -0.2) is 5.43 Å². The van der Waals surface area contributed by atoms with E-state index in [-0.39, 0.29) is 0 Å². The van der Waals surface area contributed by atoms with E-state index in [0.717, 1.165) is 21.3 Å². The maximum Gasteiger partial charge on any atom is 0.289 e. The number of carbonyl (C=O) groups excluding carboxylic acids is 1. The number of rotatable bonds is 6. The van der Waals surface area contributed by atoms with Crippen molar-refractivity contribution in [3.05, 3.63) is 64.3 Å². The third kappa shape index (κ3) is 4.53. The number of hydrogen-bond acceptors (Lipinski definition) is 5. The molecule has 1 aromatic heterocycles. The highest BCUT2D eigenvalue weighted by Gasteiger charge is 2.10. The summed E-state index contributed by atoms with van der Waals surface area (Å²) in [7, 11) is 3.18. The highest BCUT2D eigenvalue weighted by atomic mass is 79.9. The zero-order chi connectivity index (χ0) is 19.2. The Morgan fingerprint density at radius 1 is 1.15 bits per heavy atom. The number of H-pyrrole nitrogens is 1. The van der Waals surface area contributed by atoms with Gasteiger partial charge >= 0.3 is 0 Å². The molecule has 0 aliphatic carbocycles. The second-order valence-corrected chi connectivity index (χ2v) is 6.40. The Hall–Kier alpha value is -3.13. The molecule has 1 heterocycles. The van der Waals surface area contributed by atoms with E-state index in [1.807, 2.05) is 42.5 Å². The number of ether oxygens (including phenoxy) is 2.